The Morgan fingerprint density at radius 3 is 2.47 bits per heavy atom. The molecule has 0 aliphatic rings. The smallest absolute Gasteiger partial charge is 0.251 e. The van der Waals surface area contributed by atoms with E-state index in [0.717, 1.165) is 22.6 Å². The molecule has 0 fully saturated rings. The summed E-state index contributed by atoms with van der Waals surface area (Å²) in [7, 11) is 0. The molecule has 8 heteroatoms. The van der Waals surface area contributed by atoms with Gasteiger partial charge < -0.3 is 16.0 Å². The lowest BCUT2D eigenvalue weighted by atomic mass is 10.1. The highest BCUT2D eigenvalue weighted by atomic mass is 16.2. The second-order valence-electron chi connectivity index (χ2n) is 7.56. The monoisotopic (exact) mass is 452 g/mol. The van der Waals surface area contributed by atoms with E-state index >= 15 is 0 Å². The molecule has 4 aromatic rings. The number of carbonyl (C=O) groups excluding carboxylic acids is 2. The molecule has 0 radical (unpaired) electrons. The van der Waals surface area contributed by atoms with Crippen LogP contribution in [0.3, 0.4) is 0 Å². The Kier molecular flexibility index (Phi) is 7.19. The fourth-order valence-electron chi connectivity index (χ4n) is 3.33. The highest BCUT2D eigenvalue weighted by Gasteiger charge is 2.08. The van der Waals surface area contributed by atoms with E-state index in [1.165, 1.54) is 6.92 Å². The summed E-state index contributed by atoms with van der Waals surface area (Å²) in [6.45, 7) is 1.97. The number of hydrogen-bond acceptors (Lipinski definition) is 6. The Labute approximate surface area is 197 Å². The van der Waals surface area contributed by atoms with Crippen LogP contribution in [0, 0.1) is 0 Å². The second-order valence-corrected chi connectivity index (χ2v) is 7.56. The summed E-state index contributed by atoms with van der Waals surface area (Å²) < 4.78 is 0. The van der Waals surface area contributed by atoms with Crippen molar-refractivity contribution in [3.05, 3.63) is 96.4 Å². The maximum Gasteiger partial charge on any atom is 0.251 e. The fourth-order valence-corrected chi connectivity index (χ4v) is 3.33. The maximum absolute atomic E-state index is 12.6. The molecule has 3 N–H and O–H groups in total. The van der Waals surface area contributed by atoms with Gasteiger partial charge in [-0.25, -0.2) is 9.97 Å². The van der Waals surface area contributed by atoms with Crippen molar-refractivity contribution in [1.29, 1.82) is 0 Å². The first-order valence-corrected chi connectivity index (χ1v) is 10.8. The molecule has 170 valence electrons. The van der Waals surface area contributed by atoms with Gasteiger partial charge in [0.15, 0.2) is 0 Å². The van der Waals surface area contributed by atoms with Crippen LogP contribution in [-0.2, 0) is 11.2 Å². The molecule has 0 unspecified atom stereocenters. The van der Waals surface area contributed by atoms with E-state index in [9.17, 15) is 9.59 Å². The average Bonchev–Trinajstić information content (AvgIpc) is 2.85. The summed E-state index contributed by atoms with van der Waals surface area (Å²) in [6.07, 6.45) is 4.07. The van der Waals surface area contributed by atoms with Gasteiger partial charge in [-0.3, -0.25) is 14.6 Å². The predicted octanol–water partition coefficient (Wildman–Crippen LogP) is 4.21. The molecule has 2 amide bonds. The number of anilines is 3. The van der Waals surface area contributed by atoms with Gasteiger partial charge in [0.1, 0.15) is 0 Å². The van der Waals surface area contributed by atoms with Crippen LogP contribution in [-0.4, -0.2) is 33.3 Å². The van der Waals surface area contributed by atoms with Crippen LogP contribution >= 0.6 is 0 Å². The summed E-state index contributed by atoms with van der Waals surface area (Å²) in [6, 6.07) is 22.1. The van der Waals surface area contributed by atoms with Crippen LogP contribution in [0.15, 0.2) is 85.2 Å². The number of nitrogens with one attached hydrogen (secondary N) is 3. The van der Waals surface area contributed by atoms with Crippen molar-refractivity contribution < 1.29 is 9.59 Å². The molecule has 0 bridgehead atoms. The van der Waals surface area contributed by atoms with Crippen molar-refractivity contribution >= 4 is 29.1 Å². The number of benzene rings is 2. The van der Waals surface area contributed by atoms with Gasteiger partial charge in [-0.2, -0.15) is 0 Å². The number of aromatic nitrogens is 3. The van der Waals surface area contributed by atoms with Crippen LogP contribution in [0.25, 0.3) is 11.3 Å². The van der Waals surface area contributed by atoms with Crippen LogP contribution in [0.5, 0.6) is 0 Å². The van der Waals surface area contributed by atoms with Crippen LogP contribution in [0.2, 0.25) is 0 Å². The molecule has 0 spiro atoms. The molecule has 0 aliphatic heterocycles. The molecular weight excluding hydrogens is 428 g/mol. The Balaban J connectivity index is 1.39. The summed E-state index contributed by atoms with van der Waals surface area (Å²) in [5.41, 5.74) is 4.51. The molecule has 0 aliphatic carbocycles. The third-order valence-corrected chi connectivity index (χ3v) is 4.93. The molecule has 0 saturated carbocycles. The van der Waals surface area contributed by atoms with Crippen molar-refractivity contribution in [3.63, 3.8) is 0 Å². The standard InChI is InChI=1S/C26H24N6O2/c1-18(33)30-22-10-8-19(9-11-22)24-13-16-29-26(32-24)31-23-7-4-5-20(17-23)25(34)28-15-12-21-6-2-3-14-27-21/h2-11,13-14,16-17H,12,15H2,1H3,(H,28,34)(H,30,33)(H,29,31,32). The molecule has 4 rings (SSSR count). The zero-order valence-corrected chi connectivity index (χ0v) is 18.7. The SMILES string of the molecule is CC(=O)Nc1ccc(-c2ccnc(Nc3cccc(C(=O)NCCc4ccccn4)c3)n2)cc1. The largest absolute Gasteiger partial charge is 0.352 e. The molecule has 2 aromatic heterocycles. The van der Waals surface area contributed by atoms with Crippen molar-refractivity contribution in [1.82, 2.24) is 20.3 Å². The Morgan fingerprint density at radius 2 is 1.71 bits per heavy atom. The molecule has 0 atom stereocenters. The van der Waals surface area contributed by atoms with E-state index < -0.39 is 0 Å². The topological polar surface area (TPSA) is 109 Å². The van der Waals surface area contributed by atoms with Gasteiger partial charge in [-0.1, -0.05) is 24.3 Å². The van der Waals surface area contributed by atoms with Gasteiger partial charge in [0, 0.05) is 60.5 Å². The minimum Gasteiger partial charge on any atom is -0.352 e. The zero-order chi connectivity index (χ0) is 23.8. The van der Waals surface area contributed by atoms with Crippen molar-refractivity contribution in [2.45, 2.75) is 13.3 Å². The van der Waals surface area contributed by atoms with Gasteiger partial charge in [0.2, 0.25) is 11.9 Å². The quantitative estimate of drug-likeness (QED) is 0.369. The third kappa shape index (κ3) is 6.23. The predicted molar refractivity (Wildman–Crippen MR) is 132 cm³/mol. The molecular formula is C26H24N6O2. The van der Waals surface area contributed by atoms with Crippen molar-refractivity contribution in [2.75, 3.05) is 17.2 Å². The zero-order valence-electron chi connectivity index (χ0n) is 18.7. The molecule has 2 heterocycles. The van der Waals surface area contributed by atoms with Gasteiger partial charge in [0.25, 0.3) is 5.91 Å². The summed E-state index contributed by atoms with van der Waals surface area (Å²) >= 11 is 0. The van der Waals surface area contributed by atoms with Crippen LogP contribution in [0.4, 0.5) is 17.3 Å². The maximum atomic E-state index is 12.6. The first-order chi connectivity index (χ1) is 16.6. The molecule has 0 saturated heterocycles. The normalized spacial score (nSPS) is 10.4. The lowest BCUT2D eigenvalue weighted by Gasteiger charge is -2.09. The van der Waals surface area contributed by atoms with Gasteiger partial charge in [-0.05, 0) is 48.5 Å². The van der Waals surface area contributed by atoms with Crippen LogP contribution in [0.1, 0.15) is 23.0 Å². The molecule has 2 aromatic carbocycles. The number of pyridine rings is 1. The second kappa shape index (κ2) is 10.8. The number of hydrogen-bond donors (Lipinski definition) is 3. The summed E-state index contributed by atoms with van der Waals surface area (Å²) in [4.78, 5) is 36.9. The van der Waals surface area contributed by atoms with Gasteiger partial charge >= 0.3 is 0 Å². The molecule has 34 heavy (non-hydrogen) atoms. The summed E-state index contributed by atoms with van der Waals surface area (Å²) in [5, 5.41) is 8.82. The van der Waals surface area contributed by atoms with E-state index in [4.69, 9.17) is 0 Å². The first-order valence-electron chi connectivity index (χ1n) is 10.8. The van der Waals surface area contributed by atoms with Crippen molar-refractivity contribution in [2.24, 2.45) is 0 Å². The van der Waals surface area contributed by atoms with Crippen LogP contribution < -0.4 is 16.0 Å². The van der Waals surface area contributed by atoms with E-state index in [0.29, 0.717) is 30.2 Å². The van der Waals surface area contributed by atoms with E-state index in [1.54, 1.807) is 30.6 Å². The average molecular weight is 453 g/mol. The summed E-state index contributed by atoms with van der Waals surface area (Å²) in [5.74, 6) is 0.134. The Bertz CT molecular complexity index is 1280. The minimum atomic E-state index is -0.159. The highest BCUT2D eigenvalue weighted by molar-refractivity contribution is 5.95. The van der Waals surface area contributed by atoms with Gasteiger partial charge in [0.05, 0.1) is 5.69 Å². The number of amides is 2. The first kappa shape index (κ1) is 22.6. The highest BCUT2D eigenvalue weighted by Crippen LogP contribution is 2.22. The lowest BCUT2D eigenvalue weighted by Crippen LogP contribution is -2.25. The van der Waals surface area contributed by atoms with Crippen molar-refractivity contribution in [3.8, 4) is 11.3 Å². The van der Waals surface area contributed by atoms with E-state index in [1.807, 2.05) is 54.6 Å². The fraction of sp³-hybridized carbons (Fsp3) is 0.115. The lowest BCUT2D eigenvalue weighted by molar-refractivity contribution is -0.114. The Morgan fingerprint density at radius 1 is 0.853 bits per heavy atom. The number of carbonyl (C=O) groups is 2. The number of nitrogens with zero attached hydrogens (tertiary/aromatic N) is 3. The number of rotatable bonds is 8. The molecule has 8 nitrogen and oxygen atoms in total. The third-order valence-electron chi connectivity index (χ3n) is 4.93. The van der Waals surface area contributed by atoms with Gasteiger partial charge in [-0.15, -0.1) is 0 Å². The van der Waals surface area contributed by atoms with E-state index in [-0.39, 0.29) is 11.8 Å². The Hall–Kier alpha value is -4.59. The minimum absolute atomic E-state index is 0.120. The van der Waals surface area contributed by atoms with E-state index in [2.05, 4.69) is 30.9 Å².